The highest BCUT2D eigenvalue weighted by Crippen LogP contribution is 2.45. The number of fused-ring (bicyclic) bond motifs is 1. The zero-order valence-electron chi connectivity index (χ0n) is 22.8. The molecule has 0 saturated carbocycles. The van der Waals surface area contributed by atoms with Gasteiger partial charge in [-0.1, -0.05) is 61.5 Å². The first kappa shape index (κ1) is 26.3. The fraction of sp³-hybridized carbons (Fsp3) is 0.312. The van der Waals surface area contributed by atoms with Crippen molar-refractivity contribution in [1.82, 2.24) is 14.7 Å². The molecule has 0 N–H and O–H groups in total. The molecule has 2 aliphatic heterocycles. The van der Waals surface area contributed by atoms with Gasteiger partial charge in [0.05, 0.1) is 36.4 Å². The minimum atomic E-state index is -3.18. The van der Waals surface area contributed by atoms with E-state index in [1.165, 1.54) is 5.56 Å². The number of hydrogen-bond donors (Lipinski definition) is 0. The Morgan fingerprint density at radius 1 is 0.950 bits per heavy atom. The van der Waals surface area contributed by atoms with Crippen LogP contribution in [0.25, 0.3) is 11.3 Å². The first-order valence-electron chi connectivity index (χ1n) is 13.8. The van der Waals surface area contributed by atoms with Gasteiger partial charge in [-0.2, -0.15) is 5.10 Å². The van der Waals surface area contributed by atoms with Gasteiger partial charge in [0, 0.05) is 17.7 Å². The average molecular weight is 556 g/mol. The molecule has 0 spiro atoms. The lowest BCUT2D eigenvalue weighted by Gasteiger charge is -2.27. The summed E-state index contributed by atoms with van der Waals surface area (Å²) >= 11 is 0. The summed E-state index contributed by atoms with van der Waals surface area (Å²) in [6.07, 6.45) is 2.09. The molecule has 0 radical (unpaired) electrons. The molecule has 0 bridgehead atoms. The number of hydrogen-bond acceptors (Lipinski definition) is 5. The molecule has 3 heterocycles. The number of amides is 1. The zero-order valence-corrected chi connectivity index (χ0v) is 23.6. The van der Waals surface area contributed by atoms with E-state index in [1.807, 2.05) is 47.4 Å². The van der Waals surface area contributed by atoms with E-state index in [4.69, 9.17) is 9.84 Å². The summed E-state index contributed by atoms with van der Waals surface area (Å²) < 4.78 is 32.0. The Labute approximate surface area is 235 Å². The van der Waals surface area contributed by atoms with Gasteiger partial charge in [-0.3, -0.25) is 9.48 Å². The van der Waals surface area contributed by atoms with Gasteiger partial charge in [0.1, 0.15) is 11.4 Å². The molecule has 206 valence electrons. The summed E-state index contributed by atoms with van der Waals surface area (Å²) in [5, 5.41) is 4.98. The SMILES string of the molecule is CCc1ccc([C@@H]2c3c(-c4ccc(OC)cc4)nn([C@H]4CCS(=O)(=O)C4)c3C(=O)N2CCc2ccccc2)cc1. The molecule has 1 saturated heterocycles. The van der Waals surface area contributed by atoms with Crippen LogP contribution >= 0.6 is 0 Å². The molecule has 1 fully saturated rings. The second kappa shape index (κ2) is 10.6. The van der Waals surface area contributed by atoms with E-state index in [2.05, 4.69) is 43.3 Å². The highest BCUT2D eigenvalue weighted by atomic mass is 32.2. The molecule has 2 aliphatic rings. The number of aryl methyl sites for hydroxylation is 1. The van der Waals surface area contributed by atoms with Crippen LogP contribution < -0.4 is 4.74 Å². The first-order valence-corrected chi connectivity index (χ1v) is 15.6. The predicted molar refractivity (Wildman–Crippen MR) is 155 cm³/mol. The van der Waals surface area contributed by atoms with Crippen molar-refractivity contribution in [2.75, 3.05) is 25.2 Å². The van der Waals surface area contributed by atoms with Crippen molar-refractivity contribution in [3.05, 3.63) is 107 Å². The second-order valence-corrected chi connectivity index (χ2v) is 12.8. The van der Waals surface area contributed by atoms with Crippen molar-refractivity contribution >= 4 is 15.7 Å². The highest BCUT2D eigenvalue weighted by molar-refractivity contribution is 7.91. The standard InChI is InChI=1S/C32H33N3O4S/c1-3-22-9-11-25(12-10-22)30-28-29(24-13-15-27(39-2)16-14-24)33-35(26-18-20-40(37,38)21-26)31(28)32(36)34(30)19-17-23-7-5-4-6-8-23/h4-16,26,30H,3,17-21H2,1-2H3/t26-,30+/m0/s1. The van der Waals surface area contributed by atoms with Crippen LogP contribution in [0.2, 0.25) is 0 Å². The fourth-order valence-corrected chi connectivity index (χ4v) is 7.62. The van der Waals surface area contributed by atoms with E-state index < -0.39 is 9.84 Å². The molecular formula is C32H33N3O4S. The number of nitrogens with zero attached hydrogens (tertiary/aromatic N) is 3. The van der Waals surface area contributed by atoms with Gasteiger partial charge in [0.15, 0.2) is 9.84 Å². The van der Waals surface area contributed by atoms with E-state index in [-0.39, 0.29) is 29.5 Å². The van der Waals surface area contributed by atoms with Crippen molar-refractivity contribution in [2.45, 2.75) is 38.3 Å². The van der Waals surface area contributed by atoms with E-state index in [0.29, 0.717) is 30.8 Å². The molecule has 0 aliphatic carbocycles. The highest BCUT2D eigenvalue weighted by Gasteiger charge is 2.46. The summed E-state index contributed by atoms with van der Waals surface area (Å²) in [5.74, 6) is 0.731. The number of sulfone groups is 1. The predicted octanol–water partition coefficient (Wildman–Crippen LogP) is 5.27. The largest absolute Gasteiger partial charge is 0.497 e. The third-order valence-corrected chi connectivity index (χ3v) is 9.85. The smallest absolute Gasteiger partial charge is 0.273 e. The number of carbonyl (C=O) groups excluding carboxylic acids is 1. The van der Waals surface area contributed by atoms with E-state index in [9.17, 15) is 13.2 Å². The molecule has 1 amide bonds. The van der Waals surface area contributed by atoms with Crippen LogP contribution in [0.4, 0.5) is 0 Å². The Kier molecular flexibility index (Phi) is 6.96. The van der Waals surface area contributed by atoms with Crippen molar-refractivity contribution < 1.29 is 17.9 Å². The molecular weight excluding hydrogens is 522 g/mol. The molecule has 4 aromatic rings. The Bertz CT molecular complexity index is 1630. The number of ether oxygens (including phenoxy) is 1. The topological polar surface area (TPSA) is 81.5 Å². The molecule has 0 unspecified atom stereocenters. The summed E-state index contributed by atoms with van der Waals surface area (Å²) in [6.45, 7) is 2.66. The molecule has 1 aromatic heterocycles. The zero-order chi connectivity index (χ0) is 27.9. The number of methoxy groups -OCH3 is 1. The van der Waals surface area contributed by atoms with Gasteiger partial charge in [-0.15, -0.1) is 0 Å². The minimum Gasteiger partial charge on any atom is -0.497 e. The maximum absolute atomic E-state index is 14.3. The first-order chi connectivity index (χ1) is 19.4. The number of aromatic nitrogens is 2. The summed E-state index contributed by atoms with van der Waals surface area (Å²) in [4.78, 5) is 16.2. The van der Waals surface area contributed by atoms with Gasteiger partial charge in [-0.25, -0.2) is 8.42 Å². The van der Waals surface area contributed by atoms with Crippen molar-refractivity contribution in [1.29, 1.82) is 0 Å². The summed E-state index contributed by atoms with van der Waals surface area (Å²) in [6, 6.07) is 25.6. The minimum absolute atomic E-state index is 0.00364. The fourth-order valence-electron chi connectivity index (χ4n) is 5.93. The van der Waals surface area contributed by atoms with Crippen LogP contribution in [0.15, 0.2) is 78.9 Å². The van der Waals surface area contributed by atoms with Gasteiger partial charge < -0.3 is 9.64 Å². The van der Waals surface area contributed by atoms with E-state index in [1.54, 1.807) is 11.8 Å². The third kappa shape index (κ3) is 4.81. The molecule has 2 atom stereocenters. The maximum atomic E-state index is 14.3. The van der Waals surface area contributed by atoms with Crippen LogP contribution in [0.1, 0.15) is 58.2 Å². The third-order valence-electron chi connectivity index (χ3n) is 8.10. The van der Waals surface area contributed by atoms with Crippen molar-refractivity contribution in [3.8, 4) is 17.0 Å². The van der Waals surface area contributed by atoms with E-state index >= 15 is 0 Å². The number of carbonyl (C=O) groups is 1. The Balaban J connectivity index is 1.51. The van der Waals surface area contributed by atoms with E-state index in [0.717, 1.165) is 34.4 Å². The quantitative estimate of drug-likeness (QED) is 0.296. The normalized spacial score (nSPS) is 19.6. The molecule has 7 nitrogen and oxygen atoms in total. The lowest BCUT2D eigenvalue weighted by atomic mass is 9.95. The molecule has 3 aromatic carbocycles. The van der Waals surface area contributed by atoms with Crippen LogP contribution in [-0.4, -0.2) is 54.2 Å². The van der Waals surface area contributed by atoms with Crippen LogP contribution in [-0.2, 0) is 22.7 Å². The van der Waals surface area contributed by atoms with Gasteiger partial charge in [0.2, 0.25) is 0 Å². The number of rotatable bonds is 8. The monoisotopic (exact) mass is 555 g/mol. The van der Waals surface area contributed by atoms with Crippen LogP contribution in [0.5, 0.6) is 5.75 Å². The molecule has 6 rings (SSSR count). The lowest BCUT2D eigenvalue weighted by Crippen LogP contribution is -2.32. The van der Waals surface area contributed by atoms with Gasteiger partial charge in [-0.05, 0) is 60.2 Å². The van der Waals surface area contributed by atoms with Crippen molar-refractivity contribution in [2.24, 2.45) is 0 Å². The molecule has 40 heavy (non-hydrogen) atoms. The Morgan fingerprint density at radius 3 is 2.30 bits per heavy atom. The second-order valence-electron chi connectivity index (χ2n) is 10.6. The van der Waals surface area contributed by atoms with Crippen LogP contribution in [0, 0.1) is 0 Å². The van der Waals surface area contributed by atoms with Gasteiger partial charge >= 0.3 is 0 Å². The van der Waals surface area contributed by atoms with Crippen LogP contribution in [0.3, 0.4) is 0 Å². The molecule has 8 heteroatoms. The Morgan fingerprint density at radius 2 is 1.68 bits per heavy atom. The van der Waals surface area contributed by atoms with Gasteiger partial charge in [0.25, 0.3) is 5.91 Å². The summed E-state index contributed by atoms with van der Waals surface area (Å²) in [5.41, 5.74) is 6.33. The Hall–Kier alpha value is -3.91. The summed E-state index contributed by atoms with van der Waals surface area (Å²) in [7, 11) is -1.55. The lowest BCUT2D eigenvalue weighted by molar-refractivity contribution is 0.0738. The number of benzene rings is 3. The average Bonchev–Trinajstić information content (AvgIpc) is 3.63. The maximum Gasteiger partial charge on any atom is 0.273 e. The van der Waals surface area contributed by atoms with Crippen molar-refractivity contribution in [3.63, 3.8) is 0 Å².